The van der Waals surface area contributed by atoms with Crippen molar-refractivity contribution in [1.82, 2.24) is 10.6 Å². The van der Waals surface area contributed by atoms with Crippen LogP contribution in [0.25, 0.3) is 6.08 Å². The van der Waals surface area contributed by atoms with Gasteiger partial charge in [-0.15, -0.1) is 0 Å². The van der Waals surface area contributed by atoms with E-state index < -0.39 is 28.9 Å². The van der Waals surface area contributed by atoms with Crippen molar-refractivity contribution in [3.05, 3.63) is 71.7 Å². The monoisotopic (exact) mass is 440 g/mol. The van der Waals surface area contributed by atoms with Gasteiger partial charge < -0.3 is 5.32 Å². The summed E-state index contributed by atoms with van der Waals surface area (Å²) < 4.78 is 13.4. The highest BCUT2D eigenvalue weighted by molar-refractivity contribution is 8.15. The van der Waals surface area contributed by atoms with Crippen LogP contribution in [0.5, 0.6) is 0 Å². The van der Waals surface area contributed by atoms with E-state index in [0.717, 1.165) is 17.3 Å². The number of imide groups is 1. The number of hydrogen-bond acceptors (Lipinski definition) is 5. The second kappa shape index (κ2) is 10.0. The second-order valence-electron chi connectivity index (χ2n) is 6.56. The maximum Gasteiger partial charge on any atom is 0.321 e. The molecular weight excluding hydrogens is 419 g/mol. The van der Waals surface area contributed by atoms with Crippen molar-refractivity contribution in [3.63, 3.8) is 0 Å². The van der Waals surface area contributed by atoms with Crippen LogP contribution in [-0.4, -0.2) is 34.8 Å². The van der Waals surface area contributed by atoms with Crippen LogP contribution >= 0.6 is 11.8 Å². The molecule has 2 aromatic rings. The van der Waals surface area contributed by atoms with E-state index in [-0.39, 0.29) is 10.9 Å². The van der Waals surface area contributed by atoms with Crippen LogP contribution in [0.3, 0.4) is 0 Å². The highest BCUT2D eigenvalue weighted by Crippen LogP contribution is 2.31. The summed E-state index contributed by atoms with van der Waals surface area (Å²) in [7, 11) is 0. The molecule has 160 valence electrons. The van der Waals surface area contributed by atoms with E-state index in [1.807, 2.05) is 30.3 Å². The maximum atomic E-state index is 13.4. The average Bonchev–Trinajstić information content (AvgIpc) is 3.04. The smallest absolute Gasteiger partial charge is 0.321 e. The minimum atomic E-state index is -0.715. The number of thioether (sulfide) groups is 1. The Kier molecular flexibility index (Phi) is 7.19. The Balaban J connectivity index is 1.88. The first-order chi connectivity index (χ1) is 14.9. The first kappa shape index (κ1) is 22.2. The van der Waals surface area contributed by atoms with Crippen LogP contribution in [-0.2, 0) is 9.59 Å². The largest absolute Gasteiger partial charge is 0.338 e. The lowest BCUT2D eigenvalue weighted by atomic mass is 10.2. The van der Waals surface area contributed by atoms with E-state index in [2.05, 4.69) is 15.6 Å². The molecule has 0 saturated heterocycles. The highest BCUT2D eigenvalue weighted by atomic mass is 32.2. The fraction of sp³-hybridized carbons (Fsp3) is 0.182. The lowest BCUT2D eigenvalue weighted by molar-refractivity contribution is -0.119. The van der Waals surface area contributed by atoms with Gasteiger partial charge in [-0.2, -0.15) is 0 Å². The summed E-state index contributed by atoms with van der Waals surface area (Å²) in [6.07, 6.45) is 1.64. The van der Waals surface area contributed by atoms with Crippen molar-refractivity contribution in [2.24, 2.45) is 4.99 Å². The van der Waals surface area contributed by atoms with Gasteiger partial charge in [0.1, 0.15) is 11.5 Å². The van der Waals surface area contributed by atoms with Gasteiger partial charge in [-0.05, 0) is 49.8 Å². The zero-order chi connectivity index (χ0) is 22.4. The Morgan fingerprint density at radius 3 is 2.48 bits per heavy atom. The number of rotatable bonds is 5. The Labute approximate surface area is 183 Å². The van der Waals surface area contributed by atoms with E-state index in [1.165, 1.54) is 29.2 Å². The van der Waals surface area contributed by atoms with Gasteiger partial charge in [0.25, 0.3) is 5.91 Å². The number of aliphatic imine (C=N–C) groups is 1. The number of carbonyl (C=O) groups excluding carboxylic acids is 3. The van der Waals surface area contributed by atoms with Crippen molar-refractivity contribution in [2.45, 2.75) is 19.1 Å². The van der Waals surface area contributed by atoms with Crippen molar-refractivity contribution in [1.29, 1.82) is 0 Å². The van der Waals surface area contributed by atoms with Gasteiger partial charge in [0.15, 0.2) is 5.17 Å². The third-order valence-corrected chi connectivity index (χ3v) is 5.30. The Hall–Kier alpha value is -3.46. The highest BCUT2D eigenvalue weighted by Gasteiger charge is 2.34. The topological polar surface area (TPSA) is 90.9 Å². The van der Waals surface area contributed by atoms with E-state index in [4.69, 9.17) is 0 Å². The molecule has 0 fully saturated rings. The van der Waals surface area contributed by atoms with Crippen molar-refractivity contribution < 1.29 is 18.8 Å². The second-order valence-corrected chi connectivity index (χ2v) is 7.87. The fourth-order valence-electron chi connectivity index (χ4n) is 2.73. The Morgan fingerprint density at radius 1 is 1.16 bits per heavy atom. The first-order valence-electron chi connectivity index (χ1n) is 9.60. The Bertz CT molecular complexity index is 1040. The number of hydrogen-bond donors (Lipinski definition) is 2. The molecule has 0 bridgehead atoms. The number of carbonyl (C=O) groups is 3. The lowest BCUT2D eigenvalue weighted by Gasteiger charge is -2.19. The van der Waals surface area contributed by atoms with Gasteiger partial charge in [-0.25, -0.2) is 14.2 Å². The van der Waals surface area contributed by atoms with E-state index >= 15 is 0 Å². The predicted octanol–water partition coefficient (Wildman–Crippen LogP) is 3.54. The molecular formula is C22H21FN4O3S. The third kappa shape index (κ3) is 5.58. The zero-order valence-electron chi connectivity index (χ0n) is 17.0. The van der Waals surface area contributed by atoms with E-state index in [9.17, 15) is 18.8 Å². The number of benzene rings is 2. The molecule has 0 aliphatic carbocycles. The average molecular weight is 441 g/mol. The van der Waals surface area contributed by atoms with Gasteiger partial charge in [-0.1, -0.05) is 42.1 Å². The summed E-state index contributed by atoms with van der Waals surface area (Å²) in [6.45, 7) is 3.73. The molecule has 7 nitrogen and oxygen atoms in total. The summed E-state index contributed by atoms with van der Waals surface area (Å²) in [5.74, 6) is -1.35. The normalized spacial score (nSPS) is 15.6. The summed E-state index contributed by atoms with van der Waals surface area (Å²) in [4.78, 5) is 42.8. The van der Waals surface area contributed by atoms with Crippen LogP contribution in [0.4, 0.5) is 14.9 Å². The van der Waals surface area contributed by atoms with Gasteiger partial charge in [0.2, 0.25) is 5.91 Å². The molecule has 1 heterocycles. The molecule has 0 spiro atoms. The molecule has 0 saturated carbocycles. The molecule has 1 aliphatic rings. The minimum Gasteiger partial charge on any atom is -0.338 e. The number of nitrogens with zero attached hydrogens (tertiary/aromatic N) is 2. The lowest BCUT2D eigenvalue weighted by Crippen LogP contribution is -2.43. The molecule has 1 atom stereocenters. The van der Waals surface area contributed by atoms with E-state index in [1.54, 1.807) is 19.9 Å². The number of anilines is 1. The molecule has 2 N–H and O–H groups in total. The van der Waals surface area contributed by atoms with Crippen molar-refractivity contribution in [3.8, 4) is 0 Å². The van der Waals surface area contributed by atoms with Crippen molar-refractivity contribution >= 4 is 46.5 Å². The number of nitrogens with one attached hydrogen (secondary N) is 2. The van der Waals surface area contributed by atoms with Crippen molar-refractivity contribution in [2.75, 3.05) is 11.4 Å². The molecule has 31 heavy (non-hydrogen) atoms. The molecule has 4 amide bonds. The molecule has 0 unspecified atom stereocenters. The number of amidine groups is 1. The molecule has 1 aliphatic heterocycles. The predicted molar refractivity (Wildman–Crippen MR) is 120 cm³/mol. The van der Waals surface area contributed by atoms with Gasteiger partial charge in [0.05, 0.1) is 10.9 Å². The van der Waals surface area contributed by atoms with Gasteiger partial charge in [-0.3, -0.25) is 19.8 Å². The number of halogens is 1. The molecule has 0 radical (unpaired) electrons. The van der Waals surface area contributed by atoms with Crippen LogP contribution < -0.4 is 15.5 Å². The summed E-state index contributed by atoms with van der Waals surface area (Å²) in [6, 6.07) is 14.1. The van der Waals surface area contributed by atoms with Crippen LogP contribution in [0.2, 0.25) is 0 Å². The van der Waals surface area contributed by atoms with Gasteiger partial charge >= 0.3 is 6.03 Å². The minimum absolute atomic E-state index is 0.189. The quantitative estimate of drug-likeness (QED) is 0.696. The number of amides is 4. The number of urea groups is 1. The SMILES string of the molecule is CCNC(=O)NC(=O)[C@@H](C)SC1=N/C(=C/c2ccccc2)C(=O)N1c1ccc(F)cc1. The first-order valence-corrected chi connectivity index (χ1v) is 10.5. The Morgan fingerprint density at radius 2 is 1.84 bits per heavy atom. The maximum absolute atomic E-state index is 13.4. The fourth-order valence-corrected chi connectivity index (χ4v) is 3.66. The summed E-state index contributed by atoms with van der Waals surface area (Å²) >= 11 is 1.03. The van der Waals surface area contributed by atoms with Crippen LogP contribution in [0.15, 0.2) is 65.3 Å². The van der Waals surface area contributed by atoms with E-state index in [0.29, 0.717) is 12.2 Å². The van der Waals surface area contributed by atoms with Crippen LogP contribution in [0.1, 0.15) is 19.4 Å². The molecule has 0 aromatic heterocycles. The summed E-state index contributed by atoms with van der Waals surface area (Å²) in [5, 5.41) is 4.28. The summed E-state index contributed by atoms with van der Waals surface area (Å²) in [5.41, 5.74) is 1.40. The molecule has 2 aromatic carbocycles. The van der Waals surface area contributed by atoms with Gasteiger partial charge in [0, 0.05) is 6.54 Å². The standard InChI is InChI=1S/C22H21FN4O3S/c1-3-24-21(30)26-19(28)14(2)31-22-25-18(13-15-7-5-4-6-8-15)20(29)27(22)17-11-9-16(23)10-12-17/h4-14H,3H2,1-2H3,(H2,24,26,28,30)/b18-13+/t14-/m1/s1. The molecule has 9 heteroatoms. The third-order valence-electron chi connectivity index (χ3n) is 4.24. The van der Waals surface area contributed by atoms with Crippen LogP contribution in [0, 0.1) is 5.82 Å². The zero-order valence-corrected chi connectivity index (χ0v) is 17.8. The molecule has 3 rings (SSSR count).